The van der Waals surface area contributed by atoms with Gasteiger partial charge in [-0.05, 0) is 30.3 Å². The minimum atomic E-state index is -0.704. The summed E-state index contributed by atoms with van der Waals surface area (Å²) in [6.45, 7) is 0. The van der Waals surface area contributed by atoms with E-state index in [1.165, 1.54) is 14.2 Å². The molecule has 7 heteroatoms. The summed E-state index contributed by atoms with van der Waals surface area (Å²) in [5.41, 5.74) is 0.991. The fourth-order valence-corrected chi connectivity index (χ4v) is 2.97. The van der Waals surface area contributed by atoms with Crippen LogP contribution in [0.4, 0.5) is 11.4 Å². The number of hydrogen-bond acceptors (Lipinski definition) is 5. The average molecular weight is 361 g/mol. The quantitative estimate of drug-likeness (QED) is 0.830. The summed E-state index contributed by atoms with van der Waals surface area (Å²) >= 11 is 6.01. The molecule has 0 spiro atoms. The second-order valence-corrected chi connectivity index (χ2v) is 5.92. The Hall–Kier alpha value is -2.73. The Morgan fingerprint density at radius 3 is 2.52 bits per heavy atom. The van der Waals surface area contributed by atoms with Crippen molar-refractivity contribution in [1.29, 1.82) is 0 Å². The molecule has 6 nitrogen and oxygen atoms in total. The molecule has 0 aliphatic carbocycles. The minimum Gasteiger partial charge on any atom is -0.495 e. The van der Waals surface area contributed by atoms with E-state index in [0.29, 0.717) is 27.9 Å². The lowest BCUT2D eigenvalue weighted by atomic mass is 10.2. The first-order valence-corrected chi connectivity index (χ1v) is 8.03. The lowest BCUT2D eigenvalue weighted by molar-refractivity contribution is -0.121. The lowest BCUT2D eigenvalue weighted by Crippen LogP contribution is -2.35. The van der Waals surface area contributed by atoms with Gasteiger partial charge in [0.05, 0.1) is 32.0 Å². The molecule has 0 saturated carbocycles. The van der Waals surface area contributed by atoms with Crippen molar-refractivity contribution in [3.63, 3.8) is 0 Å². The first-order valence-electron chi connectivity index (χ1n) is 7.65. The molecule has 1 heterocycles. The van der Waals surface area contributed by atoms with Crippen LogP contribution in [0.25, 0.3) is 0 Å². The third-order valence-corrected chi connectivity index (χ3v) is 4.20. The number of rotatable bonds is 5. The fourth-order valence-electron chi connectivity index (χ4n) is 2.79. The number of anilines is 2. The van der Waals surface area contributed by atoms with E-state index in [-0.39, 0.29) is 18.2 Å². The fraction of sp³-hybridized carbons (Fsp3) is 0.222. The molecule has 1 N–H and O–H groups in total. The molecule has 0 radical (unpaired) electrons. The smallest absolute Gasteiger partial charge is 0.256 e. The third-order valence-electron chi connectivity index (χ3n) is 3.96. The number of carbonyl (C=O) groups excluding carboxylic acids is 2. The Bertz CT molecular complexity index is 824. The molecule has 25 heavy (non-hydrogen) atoms. The zero-order valence-corrected chi connectivity index (χ0v) is 14.5. The molecule has 130 valence electrons. The monoisotopic (exact) mass is 360 g/mol. The molecule has 2 aromatic carbocycles. The van der Waals surface area contributed by atoms with Crippen LogP contribution in [0, 0.1) is 0 Å². The summed E-state index contributed by atoms with van der Waals surface area (Å²) in [7, 11) is 3.02. The van der Waals surface area contributed by atoms with E-state index in [1.54, 1.807) is 42.5 Å². The molecular weight excluding hydrogens is 344 g/mol. The molecule has 1 atom stereocenters. The number of methoxy groups -OCH3 is 2. The molecule has 2 aromatic rings. The normalized spacial score (nSPS) is 16.9. The molecule has 1 aliphatic heterocycles. The zero-order valence-electron chi connectivity index (χ0n) is 13.8. The average Bonchev–Trinajstić information content (AvgIpc) is 2.88. The number of nitrogens with one attached hydrogen (secondary N) is 1. The van der Waals surface area contributed by atoms with Crippen molar-refractivity contribution < 1.29 is 19.1 Å². The van der Waals surface area contributed by atoms with Crippen molar-refractivity contribution in [2.45, 2.75) is 12.5 Å². The Balaban J connectivity index is 1.88. The predicted molar refractivity (Wildman–Crippen MR) is 95.5 cm³/mol. The van der Waals surface area contributed by atoms with Gasteiger partial charge in [0.1, 0.15) is 17.5 Å². The molecule has 0 bridgehead atoms. The number of amides is 2. The van der Waals surface area contributed by atoms with Gasteiger partial charge in [-0.3, -0.25) is 9.59 Å². The highest BCUT2D eigenvalue weighted by molar-refractivity contribution is 6.31. The number of halogens is 1. The predicted octanol–water partition coefficient (Wildman–Crippen LogP) is 3.10. The lowest BCUT2D eigenvalue weighted by Gasteiger charge is -2.19. The molecule has 1 aliphatic rings. The molecule has 1 fully saturated rings. The van der Waals surface area contributed by atoms with Crippen LogP contribution in [0.5, 0.6) is 11.5 Å². The van der Waals surface area contributed by atoms with E-state index in [1.807, 2.05) is 0 Å². The van der Waals surface area contributed by atoms with Gasteiger partial charge in [-0.25, -0.2) is 4.90 Å². The van der Waals surface area contributed by atoms with E-state index >= 15 is 0 Å². The molecular formula is C18H17ClN2O4. The standard InChI is InChI=1S/C18H17ClN2O4/c1-24-15-8-7-11(19)9-12(15)20-13-10-17(22)21(18(13)23)14-5-3-4-6-16(14)25-2/h3-9,13,20H,10H2,1-2H3/t13-/m1/s1. The topological polar surface area (TPSA) is 67.9 Å². The Kier molecular flexibility index (Phi) is 4.81. The number of hydrogen-bond donors (Lipinski definition) is 1. The van der Waals surface area contributed by atoms with Crippen molar-refractivity contribution in [1.82, 2.24) is 0 Å². The number of carbonyl (C=O) groups is 2. The Labute approximate surface area is 150 Å². The van der Waals surface area contributed by atoms with Crippen LogP contribution in [0.2, 0.25) is 5.02 Å². The van der Waals surface area contributed by atoms with Gasteiger partial charge in [-0.15, -0.1) is 0 Å². The summed E-state index contributed by atoms with van der Waals surface area (Å²) in [4.78, 5) is 26.4. The van der Waals surface area contributed by atoms with Gasteiger partial charge >= 0.3 is 0 Å². The van der Waals surface area contributed by atoms with Gasteiger partial charge in [-0.2, -0.15) is 0 Å². The van der Waals surface area contributed by atoms with Crippen LogP contribution < -0.4 is 19.7 Å². The number of benzene rings is 2. The van der Waals surface area contributed by atoms with Crippen LogP contribution in [0.3, 0.4) is 0 Å². The summed E-state index contributed by atoms with van der Waals surface area (Å²) in [5.74, 6) is 0.357. The Morgan fingerprint density at radius 2 is 1.80 bits per heavy atom. The SMILES string of the molecule is COc1ccc(Cl)cc1N[C@@H]1CC(=O)N(c2ccccc2OC)C1=O. The van der Waals surface area contributed by atoms with Crippen LogP contribution in [-0.4, -0.2) is 32.1 Å². The van der Waals surface area contributed by atoms with E-state index in [9.17, 15) is 9.59 Å². The van der Waals surface area contributed by atoms with Gasteiger partial charge in [0, 0.05) is 5.02 Å². The molecule has 1 saturated heterocycles. The summed E-state index contributed by atoms with van der Waals surface area (Å²) in [5, 5.41) is 3.56. The van der Waals surface area contributed by atoms with Crippen LogP contribution in [0.1, 0.15) is 6.42 Å². The number of nitrogens with zero attached hydrogens (tertiary/aromatic N) is 1. The van der Waals surface area contributed by atoms with Gasteiger partial charge in [0.25, 0.3) is 5.91 Å². The van der Waals surface area contributed by atoms with Crippen molar-refractivity contribution >= 4 is 34.8 Å². The highest BCUT2D eigenvalue weighted by Crippen LogP contribution is 2.34. The maximum Gasteiger partial charge on any atom is 0.256 e. The van der Waals surface area contributed by atoms with E-state index in [2.05, 4.69) is 5.32 Å². The summed E-state index contributed by atoms with van der Waals surface area (Å²) in [6, 6.07) is 11.2. The zero-order chi connectivity index (χ0) is 18.0. The largest absolute Gasteiger partial charge is 0.495 e. The van der Waals surface area contributed by atoms with Gasteiger partial charge < -0.3 is 14.8 Å². The van der Waals surface area contributed by atoms with Crippen LogP contribution in [0.15, 0.2) is 42.5 Å². The maximum absolute atomic E-state index is 12.8. The molecule has 3 rings (SSSR count). The maximum atomic E-state index is 12.8. The van der Waals surface area contributed by atoms with Crippen LogP contribution >= 0.6 is 11.6 Å². The molecule has 0 unspecified atom stereocenters. The number of imide groups is 1. The van der Waals surface area contributed by atoms with E-state index < -0.39 is 6.04 Å². The van der Waals surface area contributed by atoms with E-state index in [0.717, 1.165) is 4.90 Å². The number of ether oxygens (including phenoxy) is 2. The second kappa shape index (κ2) is 7.03. The third kappa shape index (κ3) is 3.25. The minimum absolute atomic E-state index is 0.0343. The highest BCUT2D eigenvalue weighted by Gasteiger charge is 2.41. The molecule has 0 aromatic heterocycles. The Morgan fingerprint density at radius 1 is 1.08 bits per heavy atom. The highest BCUT2D eigenvalue weighted by atomic mass is 35.5. The van der Waals surface area contributed by atoms with Gasteiger partial charge in [-0.1, -0.05) is 23.7 Å². The van der Waals surface area contributed by atoms with Crippen molar-refractivity contribution in [3.05, 3.63) is 47.5 Å². The first-order chi connectivity index (χ1) is 12.0. The van der Waals surface area contributed by atoms with Crippen molar-refractivity contribution in [3.8, 4) is 11.5 Å². The summed E-state index contributed by atoms with van der Waals surface area (Å²) < 4.78 is 10.5. The van der Waals surface area contributed by atoms with Crippen molar-refractivity contribution in [2.24, 2.45) is 0 Å². The molecule has 2 amide bonds. The van der Waals surface area contributed by atoms with Crippen LogP contribution in [-0.2, 0) is 9.59 Å². The first kappa shape index (κ1) is 17.1. The number of para-hydroxylation sites is 2. The second-order valence-electron chi connectivity index (χ2n) is 5.48. The van der Waals surface area contributed by atoms with Crippen molar-refractivity contribution in [2.75, 3.05) is 24.4 Å². The summed E-state index contributed by atoms with van der Waals surface area (Å²) in [6.07, 6.45) is 0.0343. The van der Waals surface area contributed by atoms with E-state index in [4.69, 9.17) is 21.1 Å². The van der Waals surface area contributed by atoms with Gasteiger partial charge in [0.2, 0.25) is 5.91 Å². The van der Waals surface area contributed by atoms with Gasteiger partial charge in [0.15, 0.2) is 0 Å².